The lowest BCUT2D eigenvalue weighted by molar-refractivity contribution is -0.109. The lowest BCUT2D eigenvalue weighted by Gasteiger charge is -2.24. The van der Waals surface area contributed by atoms with E-state index in [0.29, 0.717) is 12.6 Å². The number of benzene rings is 1. The summed E-state index contributed by atoms with van der Waals surface area (Å²) in [4.78, 5) is 16.1. The highest BCUT2D eigenvalue weighted by atomic mass is 32.2. The lowest BCUT2D eigenvalue weighted by atomic mass is 9.99. The van der Waals surface area contributed by atoms with Crippen LogP contribution in [0.2, 0.25) is 0 Å². The van der Waals surface area contributed by atoms with Gasteiger partial charge in [0.2, 0.25) is 6.41 Å². The average molecular weight is 469 g/mol. The first-order valence-electron chi connectivity index (χ1n) is 11.5. The van der Waals surface area contributed by atoms with Gasteiger partial charge in [0.1, 0.15) is 0 Å². The Morgan fingerprint density at radius 1 is 1.33 bits per heavy atom. The van der Waals surface area contributed by atoms with E-state index in [0.717, 1.165) is 38.3 Å². The molecule has 3 heterocycles. The monoisotopic (exact) mass is 468 g/mol. The van der Waals surface area contributed by atoms with Gasteiger partial charge in [-0.2, -0.15) is 0 Å². The normalized spacial score (nSPS) is 18.6. The molecule has 1 unspecified atom stereocenters. The zero-order valence-electron chi connectivity index (χ0n) is 19.9. The van der Waals surface area contributed by atoms with E-state index in [9.17, 15) is 4.79 Å². The van der Waals surface area contributed by atoms with E-state index >= 15 is 0 Å². The summed E-state index contributed by atoms with van der Waals surface area (Å²) in [6.07, 6.45) is 6.62. The summed E-state index contributed by atoms with van der Waals surface area (Å²) in [6.45, 7) is 8.70. The van der Waals surface area contributed by atoms with Gasteiger partial charge in [0.25, 0.3) is 0 Å². The van der Waals surface area contributed by atoms with Gasteiger partial charge < -0.3 is 20.9 Å². The first-order valence-corrected chi connectivity index (χ1v) is 12.3. The molecule has 0 aliphatic carbocycles. The van der Waals surface area contributed by atoms with Crippen LogP contribution in [0.5, 0.6) is 0 Å². The number of aryl methyl sites for hydroxylation is 1. The smallest absolute Gasteiger partial charge is 0.207 e. The minimum Gasteiger partial charge on any atom is -0.405 e. The van der Waals surface area contributed by atoms with Crippen molar-refractivity contribution in [2.24, 2.45) is 17.8 Å². The fraction of sp³-hybridized carbons (Fsp3) is 0.440. The van der Waals surface area contributed by atoms with Gasteiger partial charge in [0.05, 0.1) is 18.8 Å². The van der Waals surface area contributed by atoms with E-state index in [1.807, 2.05) is 24.1 Å². The van der Waals surface area contributed by atoms with Crippen LogP contribution in [0, 0.1) is 13.8 Å². The van der Waals surface area contributed by atoms with Crippen molar-refractivity contribution in [3.63, 3.8) is 0 Å². The number of hydrogen-bond acceptors (Lipinski definition) is 6. The van der Waals surface area contributed by atoms with Crippen molar-refractivity contribution >= 4 is 24.1 Å². The third-order valence-corrected chi connectivity index (χ3v) is 7.29. The van der Waals surface area contributed by atoms with Crippen LogP contribution in [0.25, 0.3) is 0 Å². The largest absolute Gasteiger partial charge is 0.405 e. The van der Waals surface area contributed by atoms with Crippen molar-refractivity contribution in [2.45, 2.75) is 44.2 Å². The molecule has 1 amide bonds. The maximum atomic E-state index is 10.3. The Morgan fingerprint density at radius 3 is 2.82 bits per heavy atom. The molecular weight excluding hydrogens is 432 g/mol. The van der Waals surface area contributed by atoms with Gasteiger partial charge in [-0.1, -0.05) is 24.3 Å². The highest BCUT2D eigenvalue weighted by Crippen LogP contribution is 2.29. The third-order valence-electron chi connectivity index (χ3n) is 6.11. The minimum atomic E-state index is 0.467. The molecule has 33 heavy (non-hydrogen) atoms. The molecule has 4 rings (SSSR count). The van der Waals surface area contributed by atoms with E-state index in [1.165, 1.54) is 40.3 Å². The Hall–Kier alpha value is -2.55. The molecule has 4 N–H and O–H groups in total. The van der Waals surface area contributed by atoms with E-state index in [4.69, 9.17) is 5.73 Å². The second kappa shape index (κ2) is 12.6. The van der Waals surface area contributed by atoms with Gasteiger partial charge in [-0.05, 0) is 74.7 Å². The highest BCUT2D eigenvalue weighted by molar-refractivity contribution is 7.97. The van der Waals surface area contributed by atoms with Gasteiger partial charge in [0, 0.05) is 42.5 Å². The zero-order chi connectivity index (χ0) is 23.6. The molecule has 8 heteroatoms. The van der Waals surface area contributed by atoms with Gasteiger partial charge in [-0.25, -0.2) is 4.31 Å². The van der Waals surface area contributed by atoms with Crippen LogP contribution in [0.15, 0.2) is 52.5 Å². The van der Waals surface area contributed by atoms with Crippen molar-refractivity contribution in [1.82, 2.24) is 19.5 Å². The van der Waals surface area contributed by atoms with Crippen molar-refractivity contribution in [3.05, 3.63) is 65.1 Å². The maximum absolute atomic E-state index is 10.3. The summed E-state index contributed by atoms with van der Waals surface area (Å²) >= 11 is 1.81. The van der Waals surface area contributed by atoms with E-state index in [2.05, 4.69) is 69.7 Å². The first-order chi connectivity index (χ1) is 16.0. The first kappa shape index (κ1) is 25.1. The number of nitrogens with one attached hydrogen (secondary N) is 2. The third kappa shape index (κ3) is 6.96. The van der Waals surface area contributed by atoms with E-state index in [1.54, 1.807) is 6.20 Å². The predicted molar refractivity (Wildman–Crippen MR) is 137 cm³/mol. The zero-order valence-corrected chi connectivity index (χ0v) is 20.7. The molecule has 1 saturated heterocycles. The second-order valence-electron chi connectivity index (χ2n) is 8.33. The van der Waals surface area contributed by atoms with Crippen LogP contribution < -0.4 is 16.4 Å². The average Bonchev–Trinajstić information content (AvgIpc) is 3.44. The summed E-state index contributed by atoms with van der Waals surface area (Å²) < 4.78 is 4.56. The summed E-state index contributed by atoms with van der Waals surface area (Å²) in [5.41, 5.74) is 11.6. The highest BCUT2D eigenvalue weighted by Gasteiger charge is 2.18. The van der Waals surface area contributed by atoms with Crippen LogP contribution in [0.3, 0.4) is 0 Å². The quantitative estimate of drug-likeness (QED) is 0.429. The summed E-state index contributed by atoms with van der Waals surface area (Å²) in [6, 6.07) is 11.0. The molecule has 1 atom stereocenters. The Labute approximate surface area is 201 Å². The van der Waals surface area contributed by atoms with Crippen LogP contribution >= 0.6 is 11.9 Å². The van der Waals surface area contributed by atoms with Gasteiger partial charge in [0.15, 0.2) is 0 Å². The molecule has 0 bridgehead atoms. The molecular formula is C25H36N6OS. The molecule has 178 valence electrons. The Kier molecular flexibility index (Phi) is 9.60. The number of aliphatic imine (C=N–C) groups is 1. The molecule has 1 fully saturated rings. The van der Waals surface area contributed by atoms with Gasteiger partial charge >= 0.3 is 0 Å². The molecule has 2 aliphatic rings. The number of amides is 1. The van der Waals surface area contributed by atoms with Crippen molar-refractivity contribution in [1.29, 1.82) is 0 Å². The standard InChI is InChI=1S/C13H20N4S.C12H16N2O/c1-10-8-13(11(2)16(10)3)18-17-7-6-15-12(9-17)4-5-14;15-9-13-8-10-4-1-2-5-11(10)12-6-3-7-14-12/h4-5,8H,6-7,9,14H2,1-3H3;1-2,4-5,9,12,14H,3,6-8H2,(H,13,15)/b5-4-;. The number of nitrogens with two attached hydrogens (primary N) is 1. The number of hydrogen-bond donors (Lipinski definition) is 3. The lowest BCUT2D eigenvalue weighted by Crippen LogP contribution is -2.30. The maximum Gasteiger partial charge on any atom is 0.207 e. The summed E-state index contributed by atoms with van der Waals surface area (Å²) in [5.74, 6) is 0. The number of carbonyl (C=O) groups excluding carboxylic acids is 1. The van der Waals surface area contributed by atoms with Crippen molar-refractivity contribution in [2.75, 3.05) is 26.2 Å². The predicted octanol–water partition coefficient (Wildman–Crippen LogP) is 3.24. The fourth-order valence-corrected chi connectivity index (χ4v) is 5.24. The molecule has 2 aliphatic heterocycles. The van der Waals surface area contributed by atoms with Crippen LogP contribution in [-0.2, 0) is 18.4 Å². The van der Waals surface area contributed by atoms with E-state index < -0.39 is 0 Å². The molecule has 2 aromatic rings. The van der Waals surface area contributed by atoms with Crippen LogP contribution in [-0.4, -0.2) is 47.2 Å². The molecule has 0 saturated carbocycles. The number of nitrogens with zero attached hydrogens (tertiary/aromatic N) is 3. The van der Waals surface area contributed by atoms with Crippen molar-refractivity contribution < 1.29 is 4.79 Å². The fourth-order valence-electron chi connectivity index (χ4n) is 4.10. The number of aromatic nitrogens is 1. The van der Waals surface area contributed by atoms with Gasteiger partial charge in [-0.15, -0.1) is 0 Å². The Bertz CT molecular complexity index is 977. The summed E-state index contributed by atoms with van der Waals surface area (Å²) in [7, 11) is 2.11. The van der Waals surface area contributed by atoms with Gasteiger partial charge in [-0.3, -0.25) is 9.79 Å². The second-order valence-corrected chi connectivity index (χ2v) is 9.47. The molecule has 0 spiro atoms. The topological polar surface area (TPSA) is 87.7 Å². The van der Waals surface area contributed by atoms with Crippen LogP contribution in [0.1, 0.15) is 41.4 Å². The molecule has 0 radical (unpaired) electrons. The number of rotatable bonds is 7. The molecule has 7 nitrogen and oxygen atoms in total. The summed E-state index contributed by atoms with van der Waals surface area (Å²) in [5, 5.41) is 6.19. The van der Waals surface area contributed by atoms with Crippen molar-refractivity contribution in [3.8, 4) is 0 Å². The Morgan fingerprint density at radius 2 is 2.15 bits per heavy atom. The molecule has 1 aromatic carbocycles. The SMILES string of the molecule is Cc1cc(SN2CCN=C(/C=C\N)C2)c(C)n1C.O=CNCc1ccccc1C1CCCN1. The minimum absolute atomic E-state index is 0.467. The van der Waals surface area contributed by atoms with E-state index in [-0.39, 0.29) is 0 Å². The number of carbonyl (C=O) groups is 1. The Balaban J connectivity index is 0.000000189. The van der Waals surface area contributed by atoms with Crippen LogP contribution in [0.4, 0.5) is 0 Å². The molecule has 1 aromatic heterocycles.